The number of carbonyl (C=O) groups excluding carboxylic acids is 1. The van der Waals surface area contributed by atoms with Crippen molar-refractivity contribution in [2.75, 3.05) is 46.6 Å². The van der Waals surface area contributed by atoms with Crippen LogP contribution < -0.4 is 0 Å². The van der Waals surface area contributed by atoms with E-state index in [1.165, 1.54) is 0 Å². The van der Waals surface area contributed by atoms with Crippen LogP contribution in [-0.4, -0.2) is 74.7 Å². The average Bonchev–Trinajstić information content (AvgIpc) is 2.46. The molecule has 1 saturated heterocycles. The molecular formula is C15H29NO5. The quantitative estimate of drug-likeness (QED) is 0.632. The predicted octanol–water partition coefficient (Wildman–Crippen LogP) is 0.674. The predicted molar refractivity (Wildman–Crippen MR) is 79.1 cm³/mol. The maximum absolute atomic E-state index is 11.8. The van der Waals surface area contributed by atoms with Gasteiger partial charge in [0.1, 0.15) is 0 Å². The first-order chi connectivity index (χ1) is 10.1. The molecule has 0 aromatic heterocycles. The minimum absolute atomic E-state index is 0.0294. The molecule has 0 saturated carbocycles. The third-order valence-electron chi connectivity index (χ3n) is 3.57. The highest BCUT2D eigenvalue weighted by molar-refractivity contribution is 5.72. The van der Waals surface area contributed by atoms with Crippen LogP contribution in [0.3, 0.4) is 0 Å². The smallest absolute Gasteiger partial charge is 0.310 e. The van der Waals surface area contributed by atoms with E-state index in [2.05, 4.69) is 4.90 Å². The first-order valence-electron chi connectivity index (χ1n) is 7.74. The lowest BCUT2D eigenvalue weighted by molar-refractivity contribution is -0.150. The summed E-state index contributed by atoms with van der Waals surface area (Å²) in [5, 5.41) is 10.0. The summed E-state index contributed by atoms with van der Waals surface area (Å²) in [7, 11) is 1.62. The van der Waals surface area contributed by atoms with Gasteiger partial charge in [0.25, 0.3) is 0 Å². The SMILES string of the molecule is CCOC(=O)[C@H]1CCCN(CC(O)COC(C)COC)C1. The van der Waals surface area contributed by atoms with Gasteiger partial charge in [-0.1, -0.05) is 0 Å². The summed E-state index contributed by atoms with van der Waals surface area (Å²) < 4.78 is 15.6. The molecule has 0 radical (unpaired) electrons. The monoisotopic (exact) mass is 303 g/mol. The van der Waals surface area contributed by atoms with Crippen molar-refractivity contribution >= 4 is 5.97 Å². The molecule has 124 valence electrons. The molecule has 0 aromatic carbocycles. The molecule has 0 spiro atoms. The highest BCUT2D eigenvalue weighted by atomic mass is 16.5. The van der Waals surface area contributed by atoms with E-state index < -0.39 is 6.10 Å². The Bertz CT molecular complexity index is 300. The maximum Gasteiger partial charge on any atom is 0.310 e. The number of rotatable bonds is 9. The molecule has 0 bridgehead atoms. The number of hydrogen-bond acceptors (Lipinski definition) is 6. The van der Waals surface area contributed by atoms with Crippen LogP contribution >= 0.6 is 0 Å². The summed E-state index contributed by atoms with van der Waals surface area (Å²) in [6, 6.07) is 0. The molecule has 21 heavy (non-hydrogen) atoms. The fraction of sp³-hybridized carbons (Fsp3) is 0.933. The number of ether oxygens (including phenoxy) is 3. The second-order valence-corrected chi connectivity index (χ2v) is 5.60. The van der Waals surface area contributed by atoms with E-state index in [1.807, 2.05) is 13.8 Å². The molecule has 6 heteroatoms. The van der Waals surface area contributed by atoms with Gasteiger partial charge in [-0.25, -0.2) is 0 Å². The van der Waals surface area contributed by atoms with Crippen LogP contribution in [0.1, 0.15) is 26.7 Å². The Morgan fingerprint density at radius 1 is 1.43 bits per heavy atom. The Balaban J connectivity index is 2.28. The van der Waals surface area contributed by atoms with Gasteiger partial charge >= 0.3 is 5.97 Å². The molecule has 1 fully saturated rings. The van der Waals surface area contributed by atoms with Crippen LogP contribution in [0.2, 0.25) is 0 Å². The van der Waals surface area contributed by atoms with Crippen molar-refractivity contribution < 1.29 is 24.1 Å². The van der Waals surface area contributed by atoms with Crippen molar-refractivity contribution in [2.24, 2.45) is 5.92 Å². The van der Waals surface area contributed by atoms with Gasteiger partial charge in [0.2, 0.25) is 0 Å². The topological polar surface area (TPSA) is 68.2 Å². The second kappa shape index (κ2) is 10.1. The Morgan fingerprint density at radius 2 is 2.19 bits per heavy atom. The van der Waals surface area contributed by atoms with Crippen LogP contribution in [-0.2, 0) is 19.0 Å². The Labute approximate surface area is 127 Å². The molecule has 1 aliphatic heterocycles. The van der Waals surface area contributed by atoms with Gasteiger partial charge in [-0.15, -0.1) is 0 Å². The average molecular weight is 303 g/mol. The number of carbonyl (C=O) groups is 1. The fourth-order valence-corrected chi connectivity index (χ4v) is 2.58. The number of piperidine rings is 1. The van der Waals surface area contributed by atoms with Crippen LogP contribution in [0.5, 0.6) is 0 Å². The fourth-order valence-electron chi connectivity index (χ4n) is 2.58. The van der Waals surface area contributed by atoms with E-state index in [4.69, 9.17) is 14.2 Å². The molecule has 2 unspecified atom stereocenters. The Hall–Kier alpha value is -0.690. The van der Waals surface area contributed by atoms with Gasteiger partial charge in [0.15, 0.2) is 0 Å². The third-order valence-corrected chi connectivity index (χ3v) is 3.57. The normalized spacial score (nSPS) is 22.8. The van der Waals surface area contributed by atoms with Gasteiger partial charge in [0.05, 0.1) is 37.9 Å². The minimum atomic E-state index is -0.551. The van der Waals surface area contributed by atoms with Gasteiger partial charge in [0, 0.05) is 20.2 Å². The van der Waals surface area contributed by atoms with Crippen LogP contribution in [0, 0.1) is 5.92 Å². The lowest BCUT2D eigenvalue weighted by atomic mass is 9.98. The van der Waals surface area contributed by atoms with Gasteiger partial charge < -0.3 is 19.3 Å². The van der Waals surface area contributed by atoms with Crippen molar-refractivity contribution in [2.45, 2.75) is 38.9 Å². The summed E-state index contributed by atoms with van der Waals surface area (Å²) in [6.45, 7) is 7.03. The third kappa shape index (κ3) is 7.22. The molecule has 1 aliphatic rings. The van der Waals surface area contributed by atoms with Crippen LogP contribution in [0.15, 0.2) is 0 Å². The lowest BCUT2D eigenvalue weighted by Crippen LogP contribution is -2.44. The second-order valence-electron chi connectivity index (χ2n) is 5.60. The van der Waals surface area contributed by atoms with Crippen molar-refractivity contribution in [3.63, 3.8) is 0 Å². The summed E-state index contributed by atoms with van der Waals surface area (Å²) in [5.41, 5.74) is 0. The summed E-state index contributed by atoms with van der Waals surface area (Å²) in [4.78, 5) is 13.9. The van der Waals surface area contributed by atoms with Crippen molar-refractivity contribution in [1.82, 2.24) is 4.90 Å². The highest BCUT2D eigenvalue weighted by Gasteiger charge is 2.27. The molecule has 0 amide bonds. The first kappa shape index (κ1) is 18.4. The zero-order valence-electron chi connectivity index (χ0n) is 13.4. The van der Waals surface area contributed by atoms with Gasteiger partial charge in [-0.05, 0) is 33.2 Å². The number of hydrogen-bond donors (Lipinski definition) is 1. The van der Waals surface area contributed by atoms with E-state index in [9.17, 15) is 9.90 Å². The molecule has 3 atom stereocenters. The summed E-state index contributed by atoms with van der Waals surface area (Å²) >= 11 is 0. The lowest BCUT2D eigenvalue weighted by Gasteiger charge is -2.32. The molecule has 1 N–H and O–H groups in total. The zero-order chi connectivity index (χ0) is 15.7. The van der Waals surface area contributed by atoms with E-state index >= 15 is 0 Å². The molecular weight excluding hydrogens is 274 g/mol. The molecule has 0 aromatic rings. The highest BCUT2D eigenvalue weighted by Crippen LogP contribution is 2.18. The maximum atomic E-state index is 11.8. The Kier molecular flexibility index (Phi) is 8.84. The number of methoxy groups -OCH3 is 1. The largest absolute Gasteiger partial charge is 0.466 e. The van der Waals surface area contributed by atoms with Crippen LogP contribution in [0.4, 0.5) is 0 Å². The van der Waals surface area contributed by atoms with Gasteiger partial charge in [-0.3, -0.25) is 9.69 Å². The van der Waals surface area contributed by atoms with Crippen molar-refractivity contribution in [3.8, 4) is 0 Å². The number of aliphatic hydroxyl groups is 1. The van der Waals surface area contributed by atoms with Gasteiger partial charge in [-0.2, -0.15) is 0 Å². The number of esters is 1. The van der Waals surface area contributed by atoms with E-state index in [1.54, 1.807) is 7.11 Å². The molecule has 1 rings (SSSR count). The number of nitrogens with zero attached hydrogens (tertiary/aromatic N) is 1. The molecule has 6 nitrogen and oxygen atoms in total. The summed E-state index contributed by atoms with van der Waals surface area (Å²) in [6.07, 6.45) is 1.24. The molecule has 0 aliphatic carbocycles. The van der Waals surface area contributed by atoms with E-state index in [0.717, 1.165) is 19.4 Å². The first-order valence-corrected chi connectivity index (χ1v) is 7.74. The van der Waals surface area contributed by atoms with E-state index in [0.29, 0.717) is 26.3 Å². The standard InChI is InChI=1S/C15H29NO5/c1-4-20-15(18)13-6-5-7-16(8-13)9-14(17)11-21-12(2)10-19-3/h12-14,17H,4-11H2,1-3H3/t12?,13-,14?/m0/s1. The minimum Gasteiger partial charge on any atom is -0.466 e. The Morgan fingerprint density at radius 3 is 2.86 bits per heavy atom. The number of aliphatic hydroxyl groups excluding tert-OH is 1. The summed E-state index contributed by atoms with van der Waals surface area (Å²) in [5.74, 6) is -0.194. The van der Waals surface area contributed by atoms with Crippen molar-refractivity contribution in [3.05, 3.63) is 0 Å². The van der Waals surface area contributed by atoms with Crippen LogP contribution in [0.25, 0.3) is 0 Å². The molecule has 1 heterocycles. The number of β-amino-alcohol motifs (C(OH)–C–C–N with tert-alkyl or cyclic N) is 1. The van der Waals surface area contributed by atoms with Crippen molar-refractivity contribution in [1.29, 1.82) is 0 Å². The zero-order valence-corrected chi connectivity index (χ0v) is 13.4. The van der Waals surface area contributed by atoms with E-state index in [-0.39, 0.29) is 24.6 Å². The number of likely N-dealkylation sites (tertiary alicyclic amines) is 1.